The fourth-order valence-electron chi connectivity index (χ4n) is 1.68. The Morgan fingerprint density at radius 1 is 1.38 bits per heavy atom. The van der Waals surface area contributed by atoms with E-state index in [-0.39, 0.29) is 0 Å². The zero-order valence-electron chi connectivity index (χ0n) is 7.25. The van der Waals surface area contributed by atoms with E-state index in [0.717, 1.165) is 5.52 Å². The number of H-pyrrole nitrogens is 1. The predicted octanol–water partition coefficient (Wildman–Crippen LogP) is 2.74. The number of pyridine rings is 1. The van der Waals surface area contributed by atoms with Crippen LogP contribution in [-0.2, 0) is 0 Å². The Morgan fingerprint density at radius 3 is 3.00 bits per heavy atom. The molecule has 0 atom stereocenters. The standard InChI is InChI=1S/C11H10N2/c1-2-8(3-1)10-6-9-4-5-12-7-11(9)13-10/h2,4-7,13H,1,3H2. The average Bonchev–Trinajstić information content (AvgIpc) is 2.43. The molecule has 1 aliphatic carbocycles. The lowest BCUT2D eigenvalue weighted by Gasteiger charge is -2.11. The van der Waals surface area contributed by atoms with Crippen LogP contribution >= 0.6 is 0 Å². The fraction of sp³-hybridized carbons (Fsp3) is 0.182. The zero-order chi connectivity index (χ0) is 8.67. The first-order valence-corrected chi connectivity index (χ1v) is 4.55. The highest BCUT2D eigenvalue weighted by Crippen LogP contribution is 2.29. The smallest absolute Gasteiger partial charge is 0.0645 e. The van der Waals surface area contributed by atoms with Gasteiger partial charge in [-0.1, -0.05) is 6.08 Å². The highest BCUT2D eigenvalue weighted by Gasteiger charge is 2.10. The average molecular weight is 170 g/mol. The largest absolute Gasteiger partial charge is 0.354 e. The molecule has 0 radical (unpaired) electrons. The van der Waals surface area contributed by atoms with E-state index in [2.05, 4.69) is 22.1 Å². The minimum Gasteiger partial charge on any atom is -0.354 e. The maximum atomic E-state index is 4.08. The first-order valence-electron chi connectivity index (χ1n) is 4.55. The van der Waals surface area contributed by atoms with E-state index in [1.807, 2.05) is 18.5 Å². The van der Waals surface area contributed by atoms with Gasteiger partial charge in [0.25, 0.3) is 0 Å². The number of nitrogens with one attached hydrogen (secondary N) is 1. The van der Waals surface area contributed by atoms with E-state index in [1.165, 1.54) is 29.5 Å². The molecule has 0 amide bonds. The summed E-state index contributed by atoms with van der Waals surface area (Å²) in [4.78, 5) is 7.45. The van der Waals surface area contributed by atoms with Gasteiger partial charge in [0, 0.05) is 17.3 Å². The summed E-state index contributed by atoms with van der Waals surface area (Å²) in [5.74, 6) is 0. The Bertz CT molecular complexity index is 447. The Balaban J connectivity index is 2.21. The van der Waals surface area contributed by atoms with E-state index >= 15 is 0 Å². The third-order valence-corrected chi connectivity index (χ3v) is 2.57. The molecule has 0 aliphatic heterocycles. The van der Waals surface area contributed by atoms with Crippen molar-refractivity contribution in [1.82, 2.24) is 9.97 Å². The van der Waals surface area contributed by atoms with Gasteiger partial charge in [-0.05, 0) is 30.5 Å². The maximum absolute atomic E-state index is 4.08. The van der Waals surface area contributed by atoms with Gasteiger partial charge in [0.2, 0.25) is 0 Å². The molecule has 13 heavy (non-hydrogen) atoms. The number of nitrogens with zero attached hydrogens (tertiary/aromatic N) is 1. The van der Waals surface area contributed by atoms with Gasteiger partial charge >= 0.3 is 0 Å². The van der Waals surface area contributed by atoms with Crippen molar-refractivity contribution < 1.29 is 0 Å². The van der Waals surface area contributed by atoms with Gasteiger partial charge in [-0.3, -0.25) is 4.98 Å². The molecule has 2 heterocycles. The molecule has 0 spiro atoms. The molecule has 3 rings (SSSR count). The van der Waals surface area contributed by atoms with Crippen LogP contribution in [0.3, 0.4) is 0 Å². The number of aromatic nitrogens is 2. The predicted molar refractivity (Wildman–Crippen MR) is 53.3 cm³/mol. The van der Waals surface area contributed by atoms with Crippen molar-refractivity contribution in [3.8, 4) is 0 Å². The second-order valence-electron chi connectivity index (χ2n) is 3.41. The van der Waals surface area contributed by atoms with Crippen molar-refractivity contribution in [3.05, 3.63) is 36.3 Å². The Morgan fingerprint density at radius 2 is 2.31 bits per heavy atom. The molecule has 0 bridgehead atoms. The van der Waals surface area contributed by atoms with Gasteiger partial charge in [-0.25, -0.2) is 0 Å². The van der Waals surface area contributed by atoms with Gasteiger partial charge in [0.1, 0.15) is 0 Å². The van der Waals surface area contributed by atoms with Crippen LogP contribution in [0.2, 0.25) is 0 Å². The molecular weight excluding hydrogens is 160 g/mol. The summed E-state index contributed by atoms with van der Waals surface area (Å²) in [5.41, 5.74) is 3.83. The van der Waals surface area contributed by atoms with Gasteiger partial charge < -0.3 is 4.98 Å². The summed E-state index contributed by atoms with van der Waals surface area (Å²) in [7, 11) is 0. The Hall–Kier alpha value is -1.57. The molecule has 0 aromatic carbocycles. The number of aromatic amines is 1. The normalized spacial score (nSPS) is 15.5. The summed E-state index contributed by atoms with van der Waals surface area (Å²) >= 11 is 0. The molecular formula is C11H10N2. The molecule has 64 valence electrons. The molecule has 1 N–H and O–H groups in total. The number of hydrogen-bond donors (Lipinski definition) is 1. The van der Waals surface area contributed by atoms with Crippen LogP contribution in [0.5, 0.6) is 0 Å². The monoisotopic (exact) mass is 170 g/mol. The van der Waals surface area contributed by atoms with Gasteiger partial charge in [-0.15, -0.1) is 0 Å². The van der Waals surface area contributed by atoms with Crippen molar-refractivity contribution in [2.24, 2.45) is 0 Å². The summed E-state index contributed by atoms with van der Waals surface area (Å²) in [6.07, 6.45) is 8.41. The number of rotatable bonds is 1. The number of fused-ring (bicyclic) bond motifs is 1. The van der Waals surface area contributed by atoms with Crippen molar-refractivity contribution in [3.63, 3.8) is 0 Å². The van der Waals surface area contributed by atoms with Crippen LogP contribution in [0.15, 0.2) is 30.6 Å². The first-order chi connectivity index (χ1) is 6.43. The minimum atomic E-state index is 1.13. The third-order valence-electron chi connectivity index (χ3n) is 2.57. The van der Waals surface area contributed by atoms with E-state index in [0.29, 0.717) is 0 Å². The highest BCUT2D eigenvalue weighted by atomic mass is 14.8. The van der Waals surface area contributed by atoms with E-state index < -0.39 is 0 Å². The van der Waals surface area contributed by atoms with Crippen molar-refractivity contribution >= 4 is 16.5 Å². The quantitative estimate of drug-likeness (QED) is 0.700. The molecule has 0 saturated carbocycles. The zero-order valence-corrected chi connectivity index (χ0v) is 7.25. The van der Waals surface area contributed by atoms with Crippen LogP contribution < -0.4 is 0 Å². The molecule has 2 heteroatoms. The fourth-order valence-corrected chi connectivity index (χ4v) is 1.68. The third kappa shape index (κ3) is 0.985. The van der Waals surface area contributed by atoms with E-state index in [1.54, 1.807) is 0 Å². The SMILES string of the molecule is C1=C(c2cc3ccncc3[nH]2)CC1. The van der Waals surface area contributed by atoms with Crippen LogP contribution in [0.4, 0.5) is 0 Å². The van der Waals surface area contributed by atoms with Crippen molar-refractivity contribution in [2.75, 3.05) is 0 Å². The van der Waals surface area contributed by atoms with E-state index in [4.69, 9.17) is 0 Å². The lowest BCUT2D eigenvalue weighted by atomic mass is 9.96. The number of allylic oxidation sites excluding steroid dienone is 2. The molecule has 0 saturated heterocycles. The van der Waals surface area contributed by atoms with Crippen LogP contribution in [0.25, 0.3) is 16.5 Å². The van der Waals surface area contributed by atoms with Crippen LogP contribution in [-0.4, -0.2) is 9.97 Å². The van der Waals surface area contributed by atoms with E-state index in [9.17, 15) is 0 Å². The molecule has 0 fully saturated rings. The molecule has 1 aliphatic rings. The Labute approximate surface area is 76.3 Å². The van der Waals surface area contributed by atoms with Crippen molar-refractivity contribution in [2.45, 2.75) is 12.8 Å². The van der Waals surface area contributed by atoms with Gasteiger partial charge in [0.15, 0.2) is 0 Å². The molecule has 2 nitrogen and oxygen atoms in total. The summed E-state index contributed by atoms with van der Waals surface area (Å²) < 4.78 is 0. The topological polar surface area (TPSA) is 28.7 Å². The summed E-state index contributed by atoms with van der Waals surface area (Å²) in [6, 6.07) is 4.23. The maximum Gasteiger partial charge on any atom is 0.0645 e. The first kappa shape index (κ1) is 6.89. The highest BCUT2D eigenvalue weighted by molar-refractivity contribution is 5.84. The Kier molecular flexibility index (Phi) is 1.30. The lowest BCUT2D eigenvalue weighted by Crippen LogP contribution is -1.92. The van der Waals surface area contributed by atoms with Crippen LogP contribution in [0.1, 0.15) is 18.5 Å². The second kappa shape index (κ2) is 2.46. The summed E-state index contributed by atoms with van der Waals surface area (Å²) in [6.45, 7) is 0. The molecule has 2 aromatic rings. The lowest BCUT2D eigenvalue weighted by molar-refractivity contribution is 0.979. The van der Waals surface area contributed by atoms with Crippen LogP contribution in [0, 0.1) is 0 Å². The van der Waals surface area contributed by atoms with Gasteiger partial charge in [-0.2, -0.15) is 0 Å². The summed E-state index contributed by atoms with van der Waals surface area (Å²) in [5, 5.41) is 1.25. The minimum absolute atomic E-state index is 1.13. The second-order valence-corrected chi connectivity index (χ2v) is 3.41. The van der Waals surface area contributed by atoms with Crippen molar-refractivity contribution in [1.29, 1.82) is 0 Å². The van der Waals surface area contributed by atoms with Gasteiger partial charge in [0.05, 0.1) is 11.7 Å². The number of hydrogen-bond acceptors (Lipinski definition) is 1. The molecule has 2 aromatic heterocycles. The molecule has 0 unspecified atom stereocenters.